The zero-order valence-corrected chi connectivity index (χ0v) is 14.0. The average Bonchev–Trinajstić information content (AvgIpc) is 2.50. The first kappa shape index (κ1) is 18.5. The van der Waals surface area contributed by atoms with Crippen LogP contribution in [0, 0.1) is 0 Å². The lowest BCUT2D eigenvalue weighted by Crippen LogP contribution is -2.37. The zero-order valence-electron chi connectivity index (χ0n) is 14.0. The van der Waals surface area contributed by atoms with Crippen LogP contribution in [0.4, 0.5) is 5.69 Å². The number of nitrogens with two attached hydrogens (primary N) is 1. The maximum Gasteiger partial charge on any atom is 0.179 e. The Balaban J connectivity index is 2.55. The normalized spacial score (nSPS) is 12.4. The second-order valence-electron chi connectivity index (χ2n) is 5.51. The third kappa shape index (κ3) is 5.66. The molecule has 1 atom stereocenters. The van der Waals surface area contributed by atoms with Gasteiger partial charge in [-0.1, -0.05) is 6.92 Å². The summed E-state index contributed by atoms with van der Waals surface area (Å²) in [7, 11) is 1.56. The summed E-state index contributed by atoms with van der Waals surface area (Å²) in [5.74, 6) is 0.644. The fourth-order valence-corrected chi connectivity index (χ4v) is 2.18. The highest BCUT2D eigenvalue weighted by molar-refractivity contribution is 6.01. The molecule has 124 valence electrons. The molecule has 0 radical (unpaired) electrons. The first-order chi connectivity index (χ1) is 10.5. The van der Waals surface area contributed by atoms with Crippen molar-refractivity contribution in [1.82, 2.24) is 5.32 Å². The van der Waals surface area contributed by atoms with Gasteiger partial charge in [0, 0.05) is 12.2 Å². The Hall–Kier alpha value is -1.59. The number of hydrogen-bond donors (Lipinski definition) is 2. The summed E-state index contributed by atoms with van der Waals surface area (Å²) in [5.41, 5.74) is 6.95. The van der Waals surface area contributed by atoms with Crippen molar-refractivity contribution >= 4 is 11.5 Å². The number of hydrogen-bond acceptors (Lipinski definition) is 5. The van der Waals surface area contributed by atoms with Gasteiger partial charge in [-0.05, 0) is 51.4 Å². The molecule has 1 aromatic rings. The lowest BCUT2D eigenvalue weighted by molar-refractivity contribution is 0.0757. The Morgan fingerprint density at radius 1 is 1.36 bits per heavy atom. The summed E-state index contributed by atoms with van der Waals surface area (Å²) in [4.78, 5) is 12.5. The number of carbonyl (C=O) groups is 1. The largest absolute Gasteiger partial charge is 0.495 e. The number of rotatable bonds is 10. The molecule has 5 heteroatoms. The van der Waals surface area contributed by atoms with Gasteiger partial charge in [0.25, 0.3) is 0 Å². The number of methoxy groups -OCH3 is 1. The van der Waals surface area contributed by atoms with E-state index in [1.54, 1.807) is 25.3 Å². The van der Waals surface area contributed by atoms with Crippen LogP contribution in [0.25, 0.3) is 0 Å². The number of ether oxygens (including phenoxy) is 2. The third-order valence-electron chi connectivity index (χ3n) is 3.40. The van der Waals surface area contributed by atoms with Gasteiger partial charge in [-0.25, -0.2) is 0 Å². The lowest BCUT2D eigenvalue weighted by Gasteiger charge is -2.17. The monoisotopic (exact) mass is 308 g/mol. The van der Waals surface area contributed by atoms with Crippen molar-refractivity contribution in [2.45, 2.75) is 45.8 Å². The fourth-order valence-electron chi connectivity index (χ4n) is 2.18. The molecule has 0 aliphatic heterocycles. The van der Waals surface area contributed by atoms with E-state index in [1.165, 1.54) is 0 Å². The molecule has 0 aliphatic rings. The van der Waals surface area contributed by atoms with E-state index in [0.29, 0.717) is 23.6 Å². The minimum atomic E-state index is -0.202. The summed E-state index contributed by atoms with van der Waals surface area (Å²) < 4.78 is 10.6. The van der Waals surface area contributed by atoms with Crippen LogP contribution in [0.1, 0.15) is 44.0 Å². The quantitative estimate of drug-likeness (QED) is 0.395. The van der Waals surface area contributed by atoms with Crippen LogP contribution in [-0.2, 0) is 4.74 Å². The van der Waals surface area contributed by atoms with Gasteiger partial charge in [0.2, 0.25) is 0 Å². The third-order valence-corrected chi connectivity index (χ3v) is 3.40. The number of anilines is 1. The summed E-state index contributed by atoms with van der Waals surface area (Å²) >= 11 is 0. The van der Waals surface area contributed by atoms with Crippen LogP contribution in [-0.4, -0.2) is 38.2 Å². The molecule has 0 saturated carbocycles. The topological polar surface area (TPSA) is 73.6 Å². The Morgan fingerprint density at radius 3 is 2.64 bits per heavy atom. The van der Waals surface area contributed by atoms with Gasteiger partial charge in [0.15, 0.2) is 5.78 Å². The molecular formula is C17H28N2O3. The highest BCUT2D eigenvalue weighted by atomic mass is 16.5. The molecule has 0 heterocycles. The van der Waals surface area contributed by atoms with Gasteiger partial charge in [-0.15, -0.1) is 0 Å². The fraction of sp³-hybridized carbons (Fsp3) is 0.588. The minimum Gasteiger partial charge on any atom is -0.495 e. The van der Waals surface area contributed by atoms with Gasteiger partial charge < -0.3 is 20.5 Å². The van der Waals surface area contributed by atoms with Crippen molar-refractivity contribution in [3.8, 4) is 5.75 Å². The summed E-state index contributed by atoms with van der Waals surface area (Å²) in [6.07, 6.45) is 1.86. The number of benzene rings is 1. The first-order valence-electron chi connectivity index (χ1n) is 7.82. The molecule has 22 heavy (non-hydrogen) atoms. The van der Waals surface area contributed by atoms with Crippen molar-refractivity contribution in [2.24, 2.45) is 0 Å². The molecule has 0 aromatic heterocycles. The number of carbonyl (C=O) groups excluding carboxylic acids is 1. The molecule has 0 fully saturated rings. The summed E-state index contributed by atoms with van der Waals surface area (Å²) in [6, 6.07) is 4.95. The first-order valence-corrected chi connectivity index (χ1v) is 7.82. The lowest BCUT2D eigenvalue weighted by atomic mass is 10.0. The zero-order chi connectivity index (χ0) is 16.5. The number of ketones is 1. The maximum atomic E-state index is 12.5. The molecule has 1 aromatic carbocycles. The minimum absolute atomic E-state index is 0.0571. The van der Waals surface area contributed by atoms with E-state index in [-0.39, 0.29) is 17.9 Å². The Morgan fingerprint density at radius 2 is 2.09 bits per heavy atom. The molecule has 0 saturated heterocycles. The Labute approximate surface area is 133 Å². The van der Waals surface area contributed by atoms with Gasteiger partial charge in [0.05, 0.1) is 24.9 Å². The van der Waals surface area contributed by atoms with E-state index in [9.17, 15) is 4.79 Å². The van der Waals surface area contributed by atoms with Gasteiger partial charge >= 0.3 is 0 Å². The number of nitrogen functional groups attached to an aromatic ring is 1. The molecule has 5 nitrogen and oxygen atoms in total. The second-order valence-corrected chi connectivity index (χ2v) is 5.51. The van der Waals surface area contributed by atoms with E-state index >= 15 is 0 Å². The van der Waals surface area contributed by atoms with E-state index in [0.717, 1.165) is 19.4 Å². The summed E-state index contributed by atoms with van der Waals surface area (Å²) in [5, 5.41) is 3.29. The van der Waals surface area contributed by atoms with Crippen LogP contribution in [0.5, 0.6) is 5.75 Å². The van der Waals surface area contributed by atoms with Crippen molar-refractivity contribution in [3.63, 3.8) is 0 Å². The van der Waals surface area contributed by atoms with E-state index in [2.05, 4.69) is 5.32 Å². The highest BCUT2D eigenvalue weighted by Crippen LogP contribution is 2.22. The molecule has 1 unspecified atom stereocenters. The van der Waals surface area contributed by atoms with Gasteiger partial charge in [0.1, 0.15) is 5.75 Å². The van der Waals surface area contributed by atoms with E-state index in [1.807, 2.05) is 20.8 Å². The van der Waals surface area contributed by atoms with Gasteiger partial charge in [-0.2, -0.15) is 0 Å². The molecule has 0 spiro atoms. The maximum absolute atomic E-state index is 12.5. The molecule has 3 N–H and O–H groups in total. The number of Topliss-reactive ketones (excluding diaryl/α,β-unsaturated/α-hetero) is 1. The SMILES string of the molecule is CCC(NCCCOC(C)C)C(=O)c1ccc(OC)c(N)c1. The molecule has 0 amide bonds. The van der Waals surface area contributed by atoms with Crippen LogP contribution in [0.2, 0.25) is 0 Å². The molecule has 1 rings (SSSR count). The average molecular weight is 308 g/mol. The summed E-state index contributed by atoms with van der Waals surface area (Å²) in [6.45, 7) is 7.47. The van der Waals surface area contributed by atoms with E-state index in [4.69, 9.17) is 15.2 Å². The van der Waals surface area contributed by atoms with Crippen LogP contribution in [0.15, 0.2) is 18.2 Å². The van der Waals surface area contributed by atoms with Crippen molar-refractivity contribution in [2.75, 3.05) is 26.0 Å². The Kier molecular flexibility index (Phi) is 7.91. The Bertz CT molecular complexity index is 475. The molecular weight excluding hydrogens is 280 g/mol. The molecule has 0 aliphatic carbocycles. The molecule has 0 bridgehead atoms. The van der Waals surface area contributed by atoms with Crippen molar-refractivity contribution < 1.29 is 14.3 Å². The van der Waals surface area contributed by atoms with Crippen LogP contribution >= 0.6 is 0 Å². The van der Waals surface area contributed by atoms with E-state index < -0.39 is 0 Å². The highest BCUT2D eigenvalue weighted by Gasteiger charge is 2.18. The second kappa shape index (κ2) is 9.43. The predicted octanol–water partition coefficient (Wildman–Crippen LogP) is 2.64. The van der Waals surface area contributed by atoms with Crippen molar-refractivity contribution in [3.05, 3.63) is 23.8 Å². The van der Waals surface area contributed by atoms with Crippen LogP contribution in [0.3, 0.4) is 0 Å². The smallest absolute Gasteiger partial charge is 0.179 e. The van der Waals surface area contributed by atoms with Crippen molar-refractivity contribution in [1.29, 1.82) is 0 Å². The number of nitrogens with one attached hydrogen (secondary N) is 1. The predicted molar refractivity (Wildman–Crippen MR) is 89.5 cm³/mol. The van der Waals surface area contributed by atoms with Gasteiger partial charge in [-0.3, -0.25) is 4.79 Å². The van der Waals surface area contributed by atoms with Crippen LogP contribution < -0.4 is 15.8 Å². The standard InChI is InChI=1S/C17H28N2O3/c1-5-15(19-9-6-10-22-12(2)3)17(20)13-7-8-16(21-4)14(18)11-13/h7-8,11-12,15,19H,5-6,9-10,18H2,1-4H3.